The number of pyridine rings is 2. The molecule has 0 aliphatic carbocycles. The molecule has 14 heteroatoms. The van der Waals surface area contributed by atoms with Gasteiger partial charge < -0.3 is 19.1 Å². The molecule has 216 valence electrons. The number of nitrogens with zero attached hydrogens (tertiary/aromatic N) is 7. The van der Waals surface area contributed by atoms with Crippen LogP contribution in [0.2, 0.25) is 0 Å². The molecule has 0 unspecified atom stereocenters. The Labute approximate surface area is 241 Å². The Bertz CT molecular complexity index is 1900. The van der Waals surface area contributed by atoms with Gasteiger partial charge in [-0.05, 0) is 48.4 Å². The molecule has 1 aromatic carbocycles. The zero-order valence-corrected chi connectivity index (χ0v) is 22.2. The highest BCUT2D eigenvalue weighted by Gasteiger charge is 2.24. The van der Waals surface area contributed by atoms with Gasteiger partial charge in [-0.15, -0.1) is 0 Å². The molecule has 1 aliphatic heterocycles. The summed E-state index contributed by atoms with van der Waals surface area (Å²) in [4.78, 5) is 32.0. The number of carboxylic acid groups (broad SMARTS) is 1. The van der Waals surface area contributed by atoms with Crippen LogP contribution in [0.3, 0.4) is 0 Å². The third-order valence-electron chi connectivity index (χ3n) is 6.82. The molecule has 6 rings (SSSR count). The van der Waals surface area contributed by atoms with E-state index >= 15 is 8.78 Å². The number of benzene rings is 1. The third kappa shape index (κ3) is 5.70. The van der Waals surface area contributed by atoms with Crippen LogP contribution in [0.15, 0.2) is 48.8 Å². The zero-order valence-electron chi connectivity index (χ0n) is 22.2. The largest absolute Gasteiger partial charge is 0.477 e. The quantitative estimate of drug-likeness (QED) is 0.266. The lowest BCUT2D eigenvalue weighted by Gasteiger charge is -2.27. The second-order valence-corrected chi connectivity index (χ2v) is 9.65. The number of carboxylic acids is 1. The Hall–Kier alpha value is -5.42. The van der Waals surface area contributed by atoms with Crippen molar-refractivity contribution in [3.05, 3.63) is 94.6 Å². The molecular weight excluding hydrogens is 567 g/mol. The van der Waals surface area contributed by atoms with Gasteiger partial charge in [0.15, 0.2) is 17.2 Å². The lowest BCUT2D eigenvalue weighted by molar-refractivity contribution is -0.0590. The molecule has 0 bridgehead atoms. The van der Waals surface area contributed by atoms with Crippen molar-refractivity contribution in [1.29, 1.82) is 5.26 Å². The maximum absolute atomic E-state index is 15.4. The van der Waals surface area contributed by atoms with E-state index in [9.17, 15) is 14.3 Å². The monoisotopic (exact) mass is 587 g/mol. The molecule has 11 nitrogen and oxygen atoms in total. The number of fused-ring (bicyclic) bond motifs is 1. The van der Waals surface area contributed by atoms with Gasteiger partial charge in [0.1, 0.15) is 35.7 Å². The number of hydrogen-bond acceptors (Lipinski definition) is 9. The predicted molar refractivity (Wildman–Crippen MR) is 142 cm³/mol. The zero-order chi connectivity index (χ0) is 30.1. The minimum absolute atomic E-state index is 0.0312. The van der Waals surface area contributed by atoms with Crippen LogP contribution in [0.1, 0.15) is 39.6 Å². The lowest BCUT2D eigenvalue weighted by atomic mass is 10.1. The van der Waals surface area contributed by atoms with Gasteiger partial charge >= 0.3 is 5.97 Å². The number of halogens is 3. The minimum Gasteiger partial charge on any atom is -0.477 e. The fourth-order valence-electron chi connectivity index (χ4n) is 4.49. The molecular formula is C29H20F3N7O4. The normalized spacial score (nSPS) is 14.3. The van der Waals surface area contributed by atoms with Gasteiger partial charge in [0.2, 0.25) is 5.82 Å². The van der Waals surface area contributed by atoms with Crippen LogP contribution in [0.4, 0.5) is 13.2 Å². The maximum atomic E-state index is 15.4. The Balaban J connectivity index is 1.28. The number of rotatable bonds is 9. The number of ether oxygens (including phenoxy) is 2. The number of aromatic carboxylic acids is 1. The number of hydrogen-bond donors (Lipinski definition) is 1. The van der Waals surface area contributed by atoms with E-state index in [2.05, 4.69) is 24.9 Å². The van der Waals surface area contributed by atoms with E-state index in [1.165, 1.54) is 30.5 Å². The summed E-state index contributed by atoms with van der Waals surface area (Å²) in [6.45, 7) is 0.713. The molecule has 5 aromatic rings. The van der Waals surface area contributed by atoms with Gasteiger partial charge in [0.05, 0.1) is 35.7 Å². The SMILES string of the molecule is N#Cc1ccc(COc2nc(-c3cc(F)c(Cc4nc5ccc(C(=O)O)nc5n4C[C@@H]4CCO4)cc3F)ncc2F)nc1. The summed E-state index contributed by atoms with van der Waals surface area (Å²) < 4.78 is 57.7. The molecule has 0 radical (unpaired) electrons. The smallest absolute Gasteiger partial charge is 0.354 e. The van der Waals surface area contributed by atoms with Crippen LogP contribution in [-0.4, -0.2) is 53.3 Å². The molecule has 1 aliphatic rings. The highest BCUT2D eigenvalue weighted by atomic mass is 19.1. The highest BCUT2D eigenvalue weighted by molar-refractivity contribution is 5.88. The van der Waals surface area contributed by atoms with Crippen LogP contribution in [0.25, 0.3) is 22.6 Å². The molecule has 43 heavy (non-hydrogen) atoms. The molecule has 0 spiro atoms. The van der Waals surface area contributed by atoms with Crippen molar-refractivity contribution in [3.8, 4) is 23.3 Å². The first-order valence-electron chi connectivity index (χ1n) is 13.0. The predicted octanol–water partition coefficient (Wildman–Crippen LogP) is 4.23. The van der Waals surface area contributed by atoms with Crippen molar-refractivity contribution >= 4 is 17.1 Å². The second-order valence-electron chi connectivity index (χ2n) is 9.65. The van der Waals surface area contributed by atoms with E-state index in [1.54, 1.807) is 4.57 Å². The fraction of sp³-hybridized carbons (Fsp3) is 0.207. The summed E-state index contributed by atoms with van der Waals surface area (Å²) in [6, 6.07) is 9.71. The topological polar surface area (TPSA) is 149 Å². The summed E-state index contributed by atoms with van der Waals surface area (Å²) in [5.74, 6) is -4.21. The molecule has 1 N–H and O–H groups in total. The van der Waals surface area contributed by atoms with E-state index < -0.39 is 29.3 Å². The fourth-order valence-corrected chi connectivity index (χ4v) is 4.49. The van der Waals surface area contributed by atoms with Gasteiger partial charge in [-0.25, -0.2) is 28.5 Å². The Kier molecular flexibility index (Phi) is 7.39. The van der Waals surface area contributed by atoms with Crippen molar-refractivity contribution in [2.45, 2.75) is 32.1 Å². The van der Waals surface area contributed by atoms with Gasteiger partial charge in [0, 0.05) is 19.2 Å². The molecule has 0 saturated carbocycles. The van der Waals surface area contributed by atoms with Gasteiger partial charge in [-0.2, -0.15) is 14.6 Å². The Morgan fingerprint density at radius 2 is 1.91 bits per heavy atom. The average molecular weight is 588 g/mol. The standard InChI is InChI=1S/C29H20F3N7O4/c30-20-9-19(26-35-12-22(32)28(38-26)43-14-17-2-1-15(10-33)11-34-17)21(31)7-16(20)8-25-36-23-3-4-24(29(40)41)37-27(23)39(25)13-18-5-6-42-18/h1-4,7,9,11-12,18H,5-6,8,13-14H2,(H,40,41)/t18-/m0/s1. The van der Waals surface area contributed by atoms with Crippen molar-refractivity contribution in [3.63, 3.8) is 0 Å². The molecule has 5 heterocycles. The number of aromatic nitrogens is 6. The summed E-state index contributed by atoms with van der Waals surface area (Å²) in [5.41, 5.74) is 0.917. The van der Waals surface area contributed by atoms with Crippen LogP contribution in [0, 0.1) is 28.8 Å². The van der Waals surface area contributed by atoms with Crippen LogP contribution in [0.5, 0.6) is 5.88 Å². The summed E-state index contributed by atoms with van der Waals surface area (Å²) in [6.07, 6.45) is 2.63. The van der Waals surface area contributed by atoms with Gasteiger partial charge in [0.25, 0.3) is 5.88 Å². The summed E-state index contributed by atoms with van der Waals surface area (Å²) >= 11 is 0. The first-order valence-corrected chi connectivity index (χ1v) is 13.0. The maximum Gasteiger partial charge on any atom is 0.354 e. The van der Waals surface area contributed by atoms with E-state index in [1.807, 2.05) is 6.07 Å². The molecule has 1 atom stereocenters. The first kappa shape index (κ1) is 27.7. The second kappa shape index (κ2) is 11.5. The highest BCUT2D eigenvalue weighted by Crippen LogP contribution is 2.28. The van der Waals surface area contributed by atoms with Crippen LogP contribution >= 0.6 is 0 Å². The number of imidazole rings is 1. The minimum atomic E-state index is -1.21. The van der Waals surface area contributed by atoms with Crippen LogP contribution in [-0.2, 0) is 24.3 Å². The van der Waals surface area contributed by atoms with E-state index in [0.29, 0.717) is 41.4 Å². The first-order chi connectivity index (χ1) is 20.8. The summed E-state index contributed by atoms with van der Waals surface area (Å²) in [5, 5.41) is 18.3. The van der Waals surface area contributed by atoms with Crippen molar-refractivity contribution in [2.75, 3.05) is 6.61 Å². The van der Waals surface area contributed by atoms with Crippen molar-refractivity contribution in [1.82, 2.24) is 29.5 Å². The van der Waals surface area contributed by atoms with Gasteiger partial charge in [-0.1, -0.05) is 0 Å². The average Bonchev–Trinajstić information content (AvgIpc) is 3.32. The number of nitriles is 1. The van der Waals surface area contributed by atoms with Gasteiger partial charge in [-0.3, -0.25) is 4.98 Å². The Morgan fingerprint density at radius 1 is 1.07 bits per heavy atom. The summed E-state index contributed by atoms with van der Waals surface area (Å²) in [7, 11) is 0. The lowest BCUT2D eigenvalue weighted by Crippen LogP contribution is -2.32. The molecule has 4 aromatic heterocycles. The molecule has 1 saturated heterocycles. The third-order valence-corrected chi connectivity index (χ3v) is 6.82. The molecule has 0 amide bonds. The van der Waals surface area contributed by atoms with Crippen LogP contribution < -0.4 is 4.74 Å². The van der Waals surface area contributed by atoms with Crippen molar-refractivity contribution < 1.29 is 32.5 Å². The van der Waals surface area contributed by atoms with Crippen molar-refractivity contribution in [2.24, 2.45) is 0 Å². The number of carbonyl (C=O) groups is 1. The Morgan fingerprint density at radius 3 is 2.60 bits per heavy atom. The van der Waals surface area contributed by atoms with E-state index in [-0.39, 0.29) is 41.8 Å². The van der Waals surface area contributed by atoms with E-state index in [4.69, 9.17) is 14.7 Å². The van der Waals surface area contributed by atoms with E-state index in [0.717, 1.165) is 24.8 Å². The molecule has 1 fully saturated rings.